The minimum atomic E-state index is 0.472. The number of ether oxygens (including phenoxy) is 1. The Hall–Kier alpha value is -1.52. The molecule has 0 bridgehead atoms. The van der Waals surface area contributed by atoms with Crippen LogP contribution in [-0.2, 0) is 4.74 Å². The quantitative estimate of drug-likeness (QED) is 0.342. The van der Waals surface area contributed by atoms with Gasteiger partial charge in [0.2, 0.25) is 0 Å². The van der Waals surface area contributed by atoms with Gasteiger partial charge in [-0.25, -0.2) is 0 Å². The van der Waals surface area contributed by atoms with Gasteiger partial charge in [-0.15, -0.1) is 0 Å². The number of allylic oxidation sites excluding steroid dienone is 2. The second kappa shape index (κ2) is 12.2. The van der Waals surface area contributed by atoms with Crippen molar-refractivity contribution in [3.8, 4) is 11.8 Å². The van der Waals surface area contributed by atoms with Crippen molar-refractivity contribution < 1.29 is 4.74 Å². The van der Waals surface area contributed by atoms with Crippen LogP contribution in [0, 0.1) is 23.7 Å². The van der Waals surface area contributed by atoms with Crippen molar-refractivity contribution >= 4 is 0 Å². The van der Waals surface area contributed by atoms with E-state index in [1.165, 1.54) is 82.6 Å². The van der Waals surface area contributed by atoms with E-state index in [4.69, 9.17) is 4.74 Å². The molecule has 1 aromatic carbocycles. The van der Waals surface area contributed by atoms with E-state index in [1.54, 1.807) is 0 Å². The Bertz CT molecular complexity index is 659. The number of unbranched alkanes of at least 4 members (excludes halogenated alkanes) is 2. The van der Waals surface area contributed by atoms with Crippen LogP contribution in [0.15, 0.2) is 36.4 Å². The summed E-state index contributed by atoms with van der Waals surface area (Å²) in [4.78, 5) is 0. The Balaban J connectivity index is 1.40. The molecule has 0 aromatic heterocycles. The molecular formula is C28H40O. The van der Waals surface area contributed by atoms with Crippen molar-refractivity contribution in [2.45, 2.75) is 96.0 Å². The summed E-state index contributed by atoms with van der Waals surface area (Å²) in [6.45, 7) is 2.30. The average Bonchev–Trinajstić information content (AvgIpc) is 2.78. The number of hydrogen-bond acceptors (Lipinski definition) is 1. The standard InChI is InChI=1S/C28H40O/c1-3-4-5-8-23-11-13-24(14-12-23)9-6-7-10-25-15-17-26(18-16-25)27-19-21-28(29-2)22-20-27/h6,9,15-18,23-24,27-28H,3-5,8,11-14,19-22H2,1-2H3/b9-6+. The molecule has 0 aliphatic heterocycles. The molecule has 0 radical (unpaired) electrons. The van der Waals surface area contributed by atoms with Crippen molar-refractivity contribution in [1.82, 2.24) is 0 Å². The van der Waals surface area contributed by atoms with Gasteiger partial charge in [-0.1, -0.05) is 62.7 Å². The van der Waals surface area contributed by atoms with E-state index in [-0.39, 0.29) is 0 Å². The summed E-state index contributed by atoms with van der Waals surface area (Å²) in [6, 6.07) is 8.96. The van der Waals surface area contributed by atoms with Gasteiger partial charge in [-0.2, -0.15) is 0 Å². The smallest absolute Gasteiger partial charge is 0.0571 e. The van der Waals surface area contributed by atoms with E-state index < -0.39 is 0 Å². The van der Waals surface area contributed by atoms with Crippen LogP contribution in [0.1, 0.15) is 101 Å². The minimum Gasteiger partial charge on any atom is -0.381 e. The summed E-state index contributed by atoms with van der Waals surface area (Å²) in [5.41, 5.74) is 2.60. The highest BCUT2D eigenvalue weighted by atomic mass is 16.5. The molecule has 1 nitrogen and oxygen atoms in total. The van der Waals surface area contributed by atoms with E-state index in [1.807, 2.05) is 7.11 Å². The summed E-state index contributed by atoms with van der Waals surface area (Å²) < 4.78 is 5.49. The number of benzene rings is 1. The monoisotopic (exact) mass is 392 g/mol. The highest BCUT2D eigenvalue weighted by molar-refractivity contribution is 5.39. The predicted octanol–water partition coefficient (Wildman–Crippen LogP) is 7.65. The number of methoxy groups -OCH3 is 1. The SMILES string of the molecule is CCCCCC1CCC(/C=C/C#Cc2ccc(C3CCC(OC)CC3)cc2)CC1. The fourth-order valence-corrected chi connectivity index (χ4v) is 5.13. The summed E-state index contributed by atoms with van der Waals surface area (Å²) >= 11 is 0. The van der Waals surface area contributed by atoms with Gasteiger partial charge < -0.3 is 4.74 Å². The third-order valence-corrected chi connectivity index (χ3v) is 7.17. The summed E-state index contributed by atoms with van der Waals surface area (Å²) in [7, 11) is 1.84. The molecule has 0 amide bonds. The van der Waals surface area contributed by atoms with E-state index in [9.17, 15) is 0 Å². The van der Waals surface area contributed by atoms with Crippen LogP contribution in [0.4, 0.5) is 0 Å². The lowest BCUT2D eigenvalue weighted by Crippen LogP contribution is -2.19. The Morgan fingerprint density at radius 3 is 2.31 bits per heavy atom. The molecular weight excluding hydrogens is 352 g/mol. The Morgan fingerprint density at radius 2 is 1.66 bits per heavy atom. The maximum Gasteiger partial charge on any atom is 0.0571 e. The van der Waals surface area contributed by atoms with Crippen molar-refractivity contribution in [2.24, 2.45) is 11.8 Å². The molecule has 0 spiro atoms. The summed E-state index contributed by atoms with van der Waals surface area (Å²) in [6.07, 6.45) is 21.0. The number of rotatable bonds is 7. The van der Waals surface area contributed by atoms with Crippen LogP contribution in [-0.4, -0.2) is 13.2 Å². The third kappa shape index (κ3) is 7.35. The van der Waals surface area contributed by atoms with Gasteiger partial charge in [0.25, 0.3) is 0 Å². The van der Waals surface area contributed by atoms with E-state index >= 15 is 0 Å². The van der Waals surface area contributed by atoms with Gasteiger partial charge in [0.05, 0.1) is 6.10 Å². The molecule has 158 valence electrons. The minimum absolute atomic E-state index is 0.472. The molecule has 0 atom stereocenters. The zero-order valence-electron chi connectivity index (χ0n) is 18.7. The van der Waals surface area contributed by atoms with Crippen molar-refractivity contribution in [1.29, 1.82) is 0 Å². The molecule has 3 rings (SSSR count). The maximum atomic E-state index is 5.49. The van der Waals surface area contributed by atoms with Gasteiger partial charge >= 0.3 is 0 Å². The van der Waals surface area contributed by atoms with Crippen LogP contribution in [0.5, 0.6) is 0 Å². The van der Waals surface area contributed by atoms with Crippen LogP contribution in [0.3, 0.4) is 0 Å². The second-order valence-electron chi connectivity index (χ2n) is 9.24. The maximum absolute atomic E-state index is 5.49. The molecule has 0 unspecified atom stereocenters. The molecule has 0 N–H and O–H groups in total. The van der Waals surface area contributed by atoms with Crippen LogP contribution in [0.25, 0.3) is 0 Å². The Labute approximate surface area is 179 Å². The fraction of sp³-hybridized carbons (Fsp3) is 0.643. The Morgan fingerprint density at radius 1 is 0.931 bits per heavy atom. The molecule has 2 aliphatic carbocycles. The highest BCUT2D eigenvalue weighted by Gasteiger charge is 2.22. The lowest BCUT2D eigenvalue weighted by Gasteiger charge is -2.27. The molecule has 1 aromatic rings. The van der Waals surface area contributed by atoms with Crippen molar-refractivity contribution in [2.75, 3.05) is 7.11 Å². The fourth-order valence-electron chi connectivity index (χ4n) is 5.13. The molecule has 0 saturated heterocycles. The van der Waals surface area contributed by atoms with Gasteiger partial charge in [0.15, 0.2) is 0 Å². The first-order chi connectivity index (χ1) is 14.3. The lowest BCUT2D eigenvalue weighted by molar-refractivity contribution is 0.0659. The average molecular weight is 393 g/mol. The van der Waals surface area contributed by atoms with Crippen LogP contribution in [0.2, 0.25) is 0 Å². The van der Waals surface area contributed by atoms with E-state index in [0.717, 1.165) is 17.4 Å². The first-order valence-corrected chi connectivity index (χ1v) is 12.1. The molecule has 1 heteroatoms. The van der Waals surface area contributed by atoms with E-state index in [0.29, 0.717) is 12.0 Å². The van der Waals surface area contributed by atoms with Gasteiger partial charge in [0, 0.05) is 12.7 Å². The first kappa shape index (κ1) is 22.2. The van der Waals surface area contributed by atoms with Crippen LogP contribution >= 0.6 is 0 Å². The lowest BCUT2D eigenvalue weighted by atomic mass is 9.79. The summed E-state index contributed by atoms with van der Waals surface area (Å²) in [5, 5.41) is 0. The molecule has 2 aliphatic rings. The largest absolute Gasteiger partial charge is 0.381 e. The molecule has 2 saturated carbocycles. The van der Waals surface area contributed by atoms with Gasteiger partial charge in [-0.05, 0) is 92.9 Å². The predicted molar refractivity (Wildman–Crippen MR) is 124 cm³/mol. The van der Waals surface area contributed by atoms with Gasteiger partial charge in [0.1, 0.15) is 0 Å². The highest BCUT2D eigenvalue weighted by Crippen LogP contribution is 2.34. The van der Waals surface area contributed by atoms with Gasteiger partial charge in [-0.3, -0.25) is 0 Å². The third-order valence-electron chi connectivity index (χ3n) is 7.17. The first-order valence-electron chi connectivity index (χ1n) is 12.1. The van der Waals surface area contributed by atoms with Crippen LogP contribution < -0.4 is 0 Å². The van der Waals surface area contributed by atoms with Crippen molar-refractivity contribution in [3.05, 3.63) is 47.5 Å². The molecule has 29 heavy (non-hydrogen) atoms. The topological polar surface area (TPSA) is 9.23 Å². The normalized spacial score (nSPS) is 27.5. The number of hydrogen-bond donors (Lipinski definition) is 0. The van der Waals surface area contributed by atoms with Crippen molar-refractivity contribution in [3.63, 3.8) is 0 Å². The Kier molecular flexibility index (Phi) is 9.36. The molecule has 0 heterocycles. The zero-order valence-corrected chi connectivity index (χ0v) is 18.7. The zero-order chi connectivity index (χ0) is 20.3. The van der Waals surface area contributed by atoms with E-state index in [2.05, 4.69) is 55.2 Å². The second-order valence-corrected chi connectivity index (χ2v) is 9.24. The molecule has 2 fully saturated rings. The summed E-state index contributed by atoms with van der Waals surface area (Å²) in [5.74, 6) is 9.01.